The number of nitrogens with zero attached hydrogens (tertiary/aromatic N) is 2. The van der Waals surface area contributed by atoms with Crippen LogP contribution in [0.5, 0.6) is 0 Å². The molecular weight excluding hydrogens is 228 g/mol. The summed E-state index contributed by atoms with van der Waals surface area (Å²) in [5.74, 6) is -0.155. The second kappa shape index (κ2) is 4.29. The van der Waals surface area contributed by atoms with E-state index in [2.05, 4.69) is 20.3 Å². The lowest BCUT2D eigenvalue weighted by molar-refractivity contribution is 0.102. The van der Waals surface area contributed by atoms with Gasteiger partial charge in [-0.1, -0.05) is 0 Å². The van der Waals surface area contributed by atoms with E-state index >= 15 is 0 Å². The highest BCUT2D eigenvalue weighted by atomic mass is 16.1. The van der Waals surface area contributed by atoms with Gasteiger partial charge in [-0.25, -0.2) is 4.98 Å². The van der Waals surface area contributed by atoms with Crippen molar-refractivity contribution in [3.8, 4) is 0 Å². The van der Waals surface area contributed by atoms with E-state index in [9.17, 15) is 4.79 Å². The summed E-state index contributed by atoms with van der Waals surface area (Å²) in [6.45, 7) is 0. The number of carbonyl (C=O) groups excluding carboxylic acids is 1. The minimum atomic E-state index is -0.155. The molecule has 2 heterocycles. The zero-order valence-corrected chi connectivity index (χ0v) is 9.42. The van der Waals surface area contributed by atoms with Gasteiger partial charge < -0.3 is 10.3 Å². The van der Waals surface area contributed by atoms with Crippen molar-refractivity contribution in [2.45, 2.75) is 0 Å². The lowest BCUT2D eigenvalue weighted by Gasteiger charge is -2.04. The first-order chi connectivity index (χ1) is 8.83. The molecular formula is C13H10N4O. The van der Waals surface area contributed by atoms with Crippen LogP contribution in [0, 0.1) is 0 Å². The molecule has 3 rings (SSSR count). The van der Waals surface area contributed by atoms with Crippen LogP contribution in [0.1, 0.15) is 10.4 Å². The second-order valence-electron chi connectivity index (χ2n) is 3.82. The standard InChI is InChI=1S/C13H10N4O/c18-13(17-10-3-5-14-6-4-10)9-1-2-11-12(7-9)16-8-15-11/h1-8H,(H,15,16)(H,14,17,18). The molecule has 88 valence electrons. The molecule has 5 heteroatoms. The number of rotatable bonds is 2. The molecule has 0 atom stereocenters. The van der Waals surface area contributed by atoms with Crippen LogP contribution in [0.25, 0.3) is 11.0 Å². The molecule has 0 bridgehead atoms. The molecule has 0 saturated carbocycles. The number of hydrogen-bond acceptors (Lipinski definition) is 3. The Balaban J connectivity index is 1.87. The predicted octanol–water partition coefficient (Wildman–Crippen LogP) is 2.21. The van der Waals surface area contributed by atoms with Crippen LogP contribution in [0.2, 0.25) is 0 Å². The molecule has 1 aromatic carbocycles. The molecule has 18 heavy (non-hydrogen) atoms. The Morgan fingerprint density at radius 3 is 2.83 bits per heavy atom. The van der Waals surface area contributed by atoms with Gasteiger partial charge in [0, 0.05) is 23.6 Å². The summed E-state index contributed by atoms with van der Waals surface area (Å²) in [5.41, 5.74) is 3.00. The van der Waals surface area contributed by atoms with E-state index in [1.807, 2.05) is 6.07 Å². The highest BCUT2D eigenvalue weighted by Gasteiger charge is 2.07. The molecule has 0 aliphatic heterocycles. The number of hydrogen-bond donors (Lipinski definition) is 2. The summed E-state index contributed by atoms with van der Waals surface area (Å²) >= 11 is 0. The van der Waals surface area contributed by atoms with E-state index in [1.165, 1.54) is 0 Å². The van der Waals surface area contributed by atoms with Gasteiger partial charge in [-0.2, -0.15) is 0 Å². The van der Waals surface area contributed by atoms with Crippen molar-refractivity contribution < 1.29 is 4.79 Å². The van der Waals surface area contributed by atoms with Gasteiger partial charge in [-0.05, 0) is 30.3 Å². The quantitative estimate of drug-likeness (QED) is 0.719. The minimum Gasteiger partial charge on any atom is -0.345 e. The number of pyridine rings is 1. The number of fused-ring (bicyclic) bond motifs is 1. The van der Waals surface area contributed by atoms with E-state index in [1.54, 1.807) is 43.0 Å². The Morgan fingerprint density at radius 1 is 1.17 bits per heavy atom. The molecule has 1 amide bonds. The van der Waals surface area contributed by atoms with Crippen LogP contribution in [-0.4, -0.2) is 20.9 Å². The first-order valence-electron chi connectivity index (χ1n) is 5.47. The van der Waals surface area contributed by atoms with Crippen LogP contribution in [-0.2, 0) is 0 Å². The van der Waals surface area contributed by atoms with Crippen molar-refractivity contribution in [3.05, 3.63) is 54.6 Å². The van der Waals surface area contributed by atoms with Crippen molar-refractivity contribution >= 4 is 22.6 Å². The van der Waals surface area contributed by atoms with Gasteiger partial charge in [0.1, 0.15) is 0 Å². The fourth-order valence-electron chi connectivity index (χ4n) is 1.72. The van der Waals surface area contributed by atoms with Gasteiger partial charge in [0.05, 0.1) is 17.4 Å². The van der Waals surface area contributed by atoms with Gasteiger partial charge in [0.25, 0.3) is 5.91 Å². The Hall–Kier alpha value is -2.69. The van der Waals surface area contributed by atoms with Crippen LogP contribution < -0.4 is 5.32 Å². The van der Waals surface area contributed by atoms with Crippen molar-refractivity contribution in [2.24, 2.45) is 0 Å². The van der Waals surface area contributed by atoms with Crippen LogP contribution in [0.15, 0.2) is 49.1 Å². The summed E-state index contributed by atoms with van der Waals surface area (Å²) in [6.07, 6.45) is 4.87. The smallest absolute Gasteiger partial charge is 0.255 e. The number of aromatic nitrogens is 3. The molecule has 0 spiro atoms. The van der Waals surface area contributed by atoms with E-state index in [4.69, 9.17) is 0 Å². The highest BCUT2D eigenvalue weighted by Crippen LogP contribution is 2.13. The fourth-order valence-corrected chi connectivity index (χ4v) is 1.72. The first-order valence-corrected chi connectivity index (χ1v) is 5.47. The molecule has 0 radical (unpaired) electrons. The second-order valence-corrected chi connectivity index (χ2v) is 3.82. The zero-order valence-electron chi connectivity index (χ0n) is 9.42. The maximum atomic E-state index is 12.0. The summed E-state index contributed by atoms with van der Waals surface area (Å²) < 4.78 is 0. The molecule has 3 aromatic rings. The number of amides is 1. The summed E-state index contributed by atoms with van der Waals surface area (Å²) in [6, 6.07) is 8.82. The molecule has 2 N–H and O–H groups in total. The third-order valence-corrected chi connectivity index (χ3v) is 2.62. The molecule has 5 nitrogen and oxygen atoms in total. The molecule has 0 aliphatic rings. The van der Waals surface area contributed by atoms with Crippen LogP contribution in [0.4, 0.5) is 5.69 Å². The van der Waals surface area contributed by atoms with E-state index < -0.39 is 0 Å². The Labute approximate surface area is 103 Å². The Morgan fingerprint density at radius 2 is 2.00 bits per heavy atom. The van der Waals surface area contributed by atoms with Gasteiger partial charge in [-0.3, -0.25) is 9.78 Å². The van der Waals surface area contributed by atoms with E-state index in [0.29, 0.717) is 5.56 Å². The summed E-state index contributed by atoms with van der Waals surface area (Å²) in [7, 11) is 0. The van der Waals surface area contributed by atoms with Crippen molar-refractivity contribution in [2.75, 3.05) is 5.32 Å². The van der Waals surface area contributed by atoms with Crippen molar-refractivity contribution in [1.82, 2.24) is 15.0 Å². The number of nitrogens with one attached hydrogen (secondary N) is 2. The number of anilines is 1. The van der Waals surface area contributed by atoms with Gasteiger partial charge in [-0.15, -0.1) is 0 Å². The SMILES string of the molecule is O=C(Nc1ccncc1)c1ccc2nc[nH]c2c1. The van der Waals surface area contributed by atoms with E-state index in [0.717, 1.165) is 16.7 Å². The first kappa shape index (κ1) is 10.5. The summed E-state index contributed by atoms with van der Waals surface area (Å²) in [5, 5.41) is 2.80. The minimum absolute atomic E-state index is 0.155. The zero-order chi connectivity index (χ0) is 12.4. The topological polar surface area (TPSA) is 70.7 Å². The monoisotopic (exact) mass is 238 g/mol. The number of carbonyl (C=O) groups is 1. The van der Waals surface area contributed by atoms with Crippen molar-refractivity contribution in [3.63, 3.8) is 0 Å². The van der Waals surface area contributed by atoms with Gasteiger partial charge in [0.15, 0.2) is 0 Å². The molecule has 0 fully saturated rings. The van der Waals surface area contributed by atoms with Crippen molar-refractivity contribution in [1.29, 1.82) is 0 Å². The lowest BCUT2D eigenvalue weighted by Crippen LogP contribution is -2.11. The normalized spacial score (nSPS) is 10.4. The van der Waals surface area contributed by atoms with Gasteiger partial charge in [0.2, 0.25) is 0 Å². The molecule has 0 saturated heterocycles. The molecule has 0 aliphatic carbocycles. The maximum absolute atomic E-state index is 12.0. The lowest BCUT2D eigenvalue weighted by atomic mass is 10.2. The third-order valence-electron chi connectivity index (χ3n) is 2.62. The molecule has 0 unspecified atom stereocenters. The summed E-state index contributed by atoms with van der Waals surface area (Å²) in [4.78, 5) is 23.0. The number of imidazole rings is 1. The average Bonchev–Trinajstić information content (AvgIpc) is 2.87. The highest BCUT2D eigenvalue weighted by molar-refractivity contribution is 6.05. The number of benzene rings is 1. The van der Waals surface area contributed by atoms with Crippen LogP contribution >= 0.6 is 0 Å². The average molecular weight is 238 g/mol. The predicted molar refractivity (Wildman–Crippen MR) is 68.3 cm³/mol. The fraction of sp³-hybridized carbons (Fsp3) is 0. The third kappa shape index (κ3) is 1.93. The van der Waals surface area contributed by atoms with Crippen LogP contribution in [0.3, 0.4) is 0 Å². The number of aromatic amines is 1. The molecule has 2 aromatic heterocycles. The Bertz CT molecular complexity index is 690. The Kier molecular flexibility index (Phi) is 2.49. The van der Waals surface area contributed by atoms with Gasteiger partial charge >= 0.3 is 0 Å². The maximum Gasteiger partial charge on any atom is 0.255 e. The largest absolute Gasteiger partial charge is 0.345 e. The number of H-pyrrole nitrogens is 1. The van der Waals surface area contributed by atoms with E-state index in [-0.39, 0.29) is 5.91 Å².